The zero-order valence-electron chi connectivity index (χ0n) is 15.9. The molecule has 2 fully saturated rings. The molecule has 0 radical (unpaired) electrons. The summed E-state index contributed by atoms with van der Waals surface area (Å²) < 4.78 is 13.5. The van der Waals surface area contributed by atoms with Gasteiger partial charge < -0.3 is 15.5 Å². The second kappa shape index (κ2) is 9.88. The van der Waals surface area contributed by atoms with E-state index in [0.717, 1.165) is 56.8 Å². The van der Waals surface area contributed by atoms with Crippen LogP contribution in [0.15, 0.2) is 29.3 Å². The molecule has 26 heavy (non-hydrogen) atoms. The molecule has 1 saturated heterocycles. The highest BCUT2D eigenvalue weighted by atomic mass is 127. The Kier molecular flexibility index (Phi) is 8.13. The maximum atomic E-state index is 13.5. The molecule has 0 unspecified atom stereocenters. The SMILES string of the molecule is CCCN1CCC(NC(=NC)NCC2(c3cccc(F)c3)CC2)CC1.I. The number of benzene rings is 1. The normalized spacial score (nSPS) is 20.3. The second-order valence-corrected chi connectivity index (χ2v) is 7.48. The van der Waals surface area contributed by atoms with Gasteiger partial charge in [0, 0.05) is 38.1 Å². The number of nitrogens with zero attached hydrogens (tertiary/aromatic N) is 2. The molecule has 0 atom stereocenters. The molecule has 0 aromatic heterocycles. The van der Waals surface area contributed by atoms with E-state index in [1.165, 1.54) is 19.0 Å². The van der Waals surface area contributed by atoms with E-state index in [0.29, 0.717) is 6.04 Å². The van der Waals surface area contributed by atoms with Crippen molar-refractivity contribution < 1.29 is 4.39 Å². The van der Waals surface area contributed by atoms with Crippen LogP contribution in [0, 0.1) is 5.82 Å². The summed E-state index contributed by atoms with van der Waals surface area (Å²) >= 11 is 0. The molecule has 1 aromatic carbocycles. The minimum absolute atomic E-state index is 0. The number of hydrogen-bond acceptors (Lipinski definition) is 2. The molecule has 0 bridgehead atoms. The summed E-state index contributed by atoms with van der Waals surface area (Å²) in [4.78, 5) is 6.93. The monoisotopic (exact) mass is 474 g/mol. The number of aliphatic imine (C=N–C) groups is 1. The maximum absolute atomic E-state index is 13.5. The fraction of sp³-hybridized carbons (Fsp3) is 0.650. The molecule has 6 heteroatoms. The Labute approximate surface area is 174 Å². The third kappa shape index (κ3) is 5.55. The van der Waals surface area contributed by atoms with Crippen molar-refractivity contribution in [3.8, 4) is 0 Å². The van der Waals surface area contributed by atoms with Crippen LogP contribution in [-0.4, -0.2) is 50.1 Å². The maximum Gasteiger partial charge on any atom is 0.191 e. The van der Waals surface area contributed by atoms with Crippen LogP contribution in [0.1, 0.15) is 44.6 Å². The van der Waals surface area contributed by atoms with Crippen molar-refractivity contribution in [2.75, 3.05) is 33.2 Å². The summed E-state index contributed by atoms with van der Waals surface area (Å²) in [6.45, 7) is 6.58. The van der Waals surface area contributed by atoms with Crippen LogP contribution in [0.5, 0.6) is 0 Å². The molecule has 3 rings (SSSR count). The highest BCUT2D eigenvalue weighted by Gasteiger charge is 2.44. The lowest BCUT2D eigenvalue weighted by Crippen LogP contribution is -2.49. The minimum Gasteiger partial charge on any atom is -0.356 e. The first-order chi connectivity index (χ1) is 12.1. The Morgan fingerprint density at radius 1 is 1.31 bits per heavy atom. The molecule has 1 aromatic rings. The standard InChI is InChI=1S/C20H31FN4.HI/c1-3-11-25-12-7-18(8-13-25)24-19(22-2)23-15-20(9-10-20)16-5-4-6-17(21)14-16;/h4-6,14,18H,3,7-13,15H2,1-2H3,(H2,22,23,24);1H. The third-order valence-corrected chi connectivity index (χ3v) is 5.58. The van der Waals surface area contributed by atoms with Gasteiger partial charge in [0.15, 0.2) is 5.96 Å². The van der Waals surface area contributed by atoms with E-state index in [1.807, 2.05) is 19.2 Å². The summed E-state index contributed by atoms with van der Waals surface area (Å²) in [6, 6.07) is 7.52. The largest absolute Gasteiger partial charge is 0.356 e. The van der Waals surface area contributed by atoms with Crippen LogP contribution in [-0.2, 0) is 5.41 Å². The van der Waals surface area contributed by atoms with Crippen LogP contribution in [0.25, 0.3) is 0 Å². The Balaban J connectivity index is 0.00000243. The highest BCUT2D eigenvalue weighted by Crippen LogP contribution is 2.47. The first kappa shape index (κ1) is 21.4. The number of halogens is 2. The predicted octanol–water partition coefficient (Wildman–Crippen LogP) is 3.51. The van der Waals surface area contributed by atoms with Gasteiger partial charge in [0.05, 0.1) is 0 Å². The fourth-order valence-corrected chi connectivity index (χ4v) is 3.79. The van der Waals surface area contributed by atoms with E-state index in [2.05, 4.69) is 27.4 Å². The lowest BCUT2D eigenvalue weighted by Gasteiger charge is -2.33. The Morgan fingerprint density at radius 2 is 2.04 bits per heavy atom. The molecular formula is C20H32FIN4. The summed E-state index contributed by atoms with van der Waals surface area (Å²) in [5, 5.41) is 7.05. The quantitative estimate of drug-likeness (QED) is 0.377. The van der Waals surface area contributed by atoms with E-state index in [1.54, 1.807) is 6.07 Å². The molecule has 1 aliphatic heterocycles. The van der Waals surface area contributed by atoms with Gasteiger partial charge in [-0.2, -0.15) is 0 Å². The Hall–Kier alpha value is -0.890. The van der Waals surface area contributed by atoms with Gasteiger partial charge in [-0.15, -0.1) is 24.0 Å². The highest BCUT2D eigenvalue weighted by molar-refractivity contribution is 14.0. The van der Waals surface area contributed by atoms with Crippen LogP contribution in [0.4, 0.5) is 4.39 Å². The van der Waals surface area contributed by atoms with Gasteiger partial charge in [0.25, 0.3) is 0 Å². The lowest BCUT2D eigenvalue weighted by molar-refractivity contribution is 0.206. The van der Waals surface area contributed by atoms with Crippen molar-refractivity contribution in [1.82, 2.24) is 15.5 Å². The molecule has 0 amide bonds. The van der Waals surface area contributed by atoms with Crippen molar-refractivity contribution in [1.29, 1.82) is 0 Å². The van der Waals surface area contributed by atoms with Crippen molar-refractivity contribution in [2.24, 2.45) is 4.99 Å². The first-order valence-corrected chi connectivity index (χ1v) is 9.61. The molecule has 2 aliphatic rings. The first-order valence-electron chi connectivity index (χ1n) is 9.61. The Bertz CT molecular complexity index is 595. The van der Waals surface area contributed by atoms with E-state index in [9.17, 15) is 4.39 Å². The molecule has 4 nitrogen and oxygen atoms in total. The fourth-order valence-electron chi connectivity index (χ4n) is 3.79. The predicted molar refractivity (Wildman–Crippen MR) is 117 cm³/mol. The van der Waals surface area contributed by atoms with E-state index in [4.69, 9.17) is 0 Å². The summed E-state index contributed by atoms with van der Waals surface area (Å²) in [5.74, 6) is 0.724. The van der Waals surface area contributed by atoms with Gasteiger partial charge in [-0.25, -0.2) is 4.39 Å². The molecular weight excluding hydrogens is 442 g/mol. The second-order valence-electron chi connectivity index (χ2n) is 7.48. The zero-order chi connectivity index (χ0) is 17.7. The smallest absolute Gasteiger partial charge is 0.191 e. The van der Waals surface area contributed by atoms with Crippen molar-refractivity contribution in [3.63, 3.8) is 0 Å². The van der Waals surface area contributed by atoms with Crippen LogP contribution in [0.2, 0.25) is 0 Å². The Morgan fingerprint density at radius 3 is 2.62 bits per heavy atom. The number of nitrogens with one attached hydrogen (secondary N) is 2. The van der Waals surface area contributed by atoms with Gasteiger partial charge in [-0.1, -0.05) is 19.1 Å². The van der Waals surface area contributed by atoms with Crippen molar-refractivity contribution in [3.05, 3.63) is 35.6 Å². The third-order valence-electron chi connectivity index (χ3n) is 5.58. The molecule has 0 spiro atoms. The molecule has 2 N–H and O–H groups in total. The van der Waals surface area contributed by atoms with Gasteiger partial charge in [-0.3, -0.25) is 4.99 Å². The molecule has 1 heterocycles. The summed E-state index contributed by atoms with van der Waals surface area (Å²) in [5.41, 5.74) is 1.17. The number of likely N-dealkylation sites (tertiary alicyclic amines) is 1. The number of guanidine groups is 1. The summed E-state index contributed by atoms with van der Waals surface area (Å²) in [7, 11) is 1.82. The van der Waals surface area contributed by atoms with Crippen molar-refractivity contribution >= 4 is 29.9 Å². The van der Waals surface area contributed by atoms with Crippen molar-refractivity contribution in [2.45, 2.75) is 50.5 Å². The van der Waals surface area contributed by atoms with Gasteiger partial charge >= 0.3 is 0 Å². The average Bonchev–Trinajstić information content (AvgIpc) is 3.41. The average molecular weight is 474 g/mol. The van der Waals surface area contributed by atoms with Gasteiger partial charge in [-0.05, 0) is 56.3 Å². The topological polar surface area (TPSA) is 39.7 Å². The van der Waals surface area contributed by atoms with E-state index < -0.39 is 0 Å². The molecule has 1 aliphatic carbocycles. The van der Waals surface area contributed by atoms with Gasteiger partial charge in [0.1, 0.15) is 5.82 Å². The van der Waals surface area contributed by atoms with Gasteiger partial charge in [0.2, 0.25) is 0 Å². The van der Waals surface area contributed by atoms with E-state index >= 15 is 0 Å². The number of hydrogen-bond donors (Lipinski definition) is 2. The molecule has 146 valence electrons. The van der Waals surface area contributed by atoms with E-state index in [-0.39, 0.29) is 35.2 Å². The zero-order valence-corrected chi connectivity index (χ0v) is 18.3. The van der Waals surface area contributed by atoms with Crippen LogP contribution in [0.3, 0.4) is 0 Å². The molecule has 1 saturated carbocycles. The summed E-state index contributed by atoms with van der Waals surface area (Å²) in [6.07, 6.45) is 5.76. The number of piperidine rings is 1. The lowest BCUT2D eigenvalue weighted by atomic mass is 9.96. The minimum atomic E-state index is -0.148. The van der Waals surface area contributed by atoms with Crippen LogP contribution < -0.4 is 10.6 Å². The number of rotatable bonds is 6. The van der Waals surface area contributed by atoms with Crippen LogP contribution >= 0.6 is 24.0 Å².